The van der Waals surface area contributed by atoms with Crippen molar-refractivity contribution in [3.63, 3.8) is 0 Å². The van der Waals surface area contributed by atoms with Crippen LogP contribution in [0.4, 0.5) is 5.69 Å². The highest BCUT2D eigenvalue weighted by Crippen LogP contribution is 2.15. The molecule has 1 aromatic carbocycles. The lowest BCUT2D eigenvalue weighted by Crippen LogP contribution is -2.11. The van der Waals surface area contributed by atoms with Gasteiger partial charge in [-0.1, -0.05) is 0 Å². The lowest BCUT2D eigenvalue weighted by molar-refractivity contribution is -0.481. The number of nitro groups is 1. The van der Waals surface area contributed by atoms with Gasteiger partial charge in [-0.15, -0.1) is 0 Å². The normalized spacial score (nSPS) is 9.56. The molecule has 6 nitrogen and oxygen atoms in total. The first-order chi connectivity index (χ1) is 7.58. The molecule has 1 amide bonds. The Morgan fingerprint density at radius 1 is 1.44 bits per heavy atom. The molecule has 16 heavy (non-hydrogen) atoms. The zero-order valence-electron chi connectivity index (χ0n) is 8.80. The number of ether oxygens (including phenoxy) is 1. The van der Waals surface area contributed by atoms with E-state index < -0.39 is 4.92 Å². The molecular formula is C10H12N2O4. The van der Waals surface area contributed by atoms with E-state index in [0.29, 0.717) is 11.4 Å². The minimum atomic E-state index is -0.439. The molecule has 0 aliphatic carbocycles. The summed E-state index contributed by atoms with van der Waals surface area (Å²) >= 11 is 0. The number of benzene rings is 1. The van der Waals surface area contributed by atoms with Crippen LogP contribution in [-0.4, -0.2) is 24.0 Å². The number of rotatable bonds is 5. The highest BCUT2D eigenvalue weighted by atomic mass is 16.6. The minimum absolute atomic E-state index is 0.0342. The maximum Gasteiger partial charge on any atom is 0.237 e. The summed E-state index contributed by atoms with van der Waals surface area (Å²) in [6.45, 7) is 1.22. The van der Waals surface area contributed by atoms with Crippen LogP contribution in [0.25, 0.3) is 0 Å². The summed E-state index contributed by atoms with van der Waals surface area (Å²) in [5.41, 5.74) is 0.661. The quantitative estimate of drug-likeness (QED) is 0.603. The Labute approximate surface area is 92.4 Å². The monoisotopic (exact) mass is 224 g/mol. The highest BCUT2D eigenvalue weighted by molar-refractivity contribution is 5.88. The molecule has 0 atom stereocenters. The molecule has 1 aromatic rings. The van der Waals surface area contributed by atoms with Crippen molar-refractivity contribution in [2.75, 3.05) is 18.5 Å². The molecule has 0 aliphatic heterocycles. The molecular weight excluding hydrogens is 212 g/mol. The zero-order valence-corrected chi connectivity index (χ0v) is 8.80. The lowest BCUT2D eigenvalue weighted by Gasteiger charge is -2.05. The fourth-order valence-electron chi connectivity index (χ4n) is 1.08. The first kappa shape index (κ1) is 12.0. The molecule has 0 bridgehead atoms. The molecule has 1 N–H and O–H groups in total. The summed E-state index contributed by atoms with van der Waals surface area (Å²) in [5, 5.41) is 12.6. The summed E-state index contributed by atoms with van der Waals surface area (Å²) in [5.74, 6) is 0.387. The third-order valence-electron chi connectivity index (χ3n) is 1.72. The second-order valence-corrected chi connectivity index (χ2v) is 3.11. The van der Waals surface area contributed by atoms with Crippen molar-refractivity contribution in [3.05, 3.63) is 34.4 Å². The van der Waals surface area contributed by atoms with E-state index in [0.717, 1.165) is 0 Å². The lowest BCUT2D eigenvalue weighted by atomic mass is 10.3. The summed E-state index contributed by atoms with van der Waals surface area (Å²) in [7, 11) is 0. The number of carbonyl (C=O) groups excluding carboxylic acids is 1. The van der Waals surface area contributed by atoms with Gasteiger partial charge in [0.1, 0.15) is 5.75 Å². The van der Waals surface area contributed by atoms with Crippen LogP contribution in [0.15, 0.2) is 24.3 Å². The minimum Gasteiger partial charge on any atom is -0.487 e. The third kappa shape index (κ3) is 4.41. The molecule has 0 saturated carbocycles. The molecule has 0 fully saturated rings. The highest BCUT2D eigenvalue weighted by Gasteiger charge is 1.99. The van der Waals surface area contributed by atoms with E-state index in [1.165, 1.54) is 6.92 Å². The van der Waals surface area contributed by atoms with E-state index in [9.17, 15) is 14.9 Å². The number of amides is 1. The van der Waals surface area contributed by atoms with Gasteiger partial charge in [-0.3, -0.25) is 14.9 Å². The summed E-state index contributed by atoms with van der Waals surface area (Å²) in [6, 6.07) is 6.63. The smallest absolute Gasteiger partial charge is 0.237 e. The Balaban J connectivity index is 2.45. The standard InChI is InChI=1S/C10H12N2O4/c1-8(13)11-9-2-4-10(5-3-9)16-7-6-12(14)15/h2-5H,6-7H2,1H3,(H,11,13). The van der Waals surface area contributed by atoms with Crippen LogP contribution in [0.3, 0.4) is 0 Å². The molecule has 0 aromatic heterocycles. The van der Waals surface area contributed by atoms with Crippen molar-refractivity contribution in [1.82, 2.24) is 0 Å². The number of nitrogens with zero attached hydrogens (tertiary/aromatic N) is 1. The van der Waals surface area contributed by atoms with Crippen molar-refractivity contribution in [1.29, 1.82) is 0 Å². The predicted octanol–water partition coefficient (Wildman–Crippen LogP) is 1.30. The number of carbonyl (C=O) groups is 1. The Kier molecular flexibility index (Phi) is 4.26. The Morgan fingerprint density at radius 2 is 2.06 bits per heavy atom. The molecule has 0 heterocycles. The second kappa shape index (κ2) is 5.69. The first-order valence-electron chi connectivity index (χ1n) is 4.70. The van der Waals surface area contributed by atoms with Gasteiger partial charge >= 0.3 is 0 Å². The van der Waals surface area contributed by atoms with Gasteiger partial charge in [0.2, 0.25) is 12.5 Å². The maximum absolute atomic E-state index is 10.7. The molecule has 0 aliphatic rings. The van der Waals surface area contributed by atoms with E-state index in [1.807, 2.05) is 0 Å². The van der Waals surface area contributed by atoms with Crippen LogP contribution in [0.5, 0.6) is 5.75 Å². The van der Waals surface area contributed by atoms with Gasteiger partial charge < -0.3 is 10.1 Å². The van der Waals surface area contributed by atoms with Gasteiger partial charge in [-0.05, 0) is 24.3 Å². The van der Waals surface area contributed by atoms with Crippen LogP contribution < -0.4 is 10.1 Å². The van der Waals surface area contributed by atoms with Crippen LogP contribution >= 0.6 is 0 Å². The molecule has 0 radical (unpaired) electrons. The van der Waals surface area contributed by atoms with Gasteiger partial charge in [0.25, 0.3) is 0 Å². The zero-order chi connectivity index (χ0) is 12.0. The maximum atomic E-state index is 10.7. The van der Waals surface area contributed by atoms with Crippen LogP contribution in [0, 0.1) is 10.1 Å². The molecule has 0 saturated heterocycles. The summed E-state index contributed by atoms with van der Waals surface area (Å²) in [4.78, 5) is 20.3. The van der Waals surface area contributed by atoms with Gasteiger partial charge in [0.05, 0.1) is 0 Å². The van der Waals surface area contributed by atoms with E-state index in [4.69, 9.17) is 4.74 Å². The van der Waals surface area contributed by atoms with Gasteiger partial charge in [-0.25, -0.2) is 0 Å². The topological polar surface area (TPSA) is 81.5 Å². The number of hydrogen-bond acceptors (Lipinski definition) is 4. The van der Waals surface area contributed by atoms with E-state index in [-0.39, 0.29) is 19.1 Å². The van der Waals surface area contributed by atoms with Crippen LogP contribution in [0.1, 0.15) is 6.92 Å². The number of nitrogens with one attached hydrogen (secondary N) is 1. The van der Waals surface area contributed by atoms with E-state index in [1.54, 1.807) is 24.3 Å². The Morgan fingerprint density at radius 3 is 2.56 bits per heavy atom. The first-order valence-corrected chi connectivity index (χ1v) is 4.70. The molecule has 86 valence electrons. The van der Waals surface area contributed by atoms with Crippen molar-refractivity contribution >= 4 is 11.6 Å². The molecule has 6 heteroatoms. The van der Waals surface area contributed by atoms with Gasteiger partial charge in [0, 0.05) is 17.5 Å². The molecule has 1 rings (SSSR count). The third-order valence-corrected chi connectivity index (χ3v) is 1.72. The van der Waals surface area contributed by atoms with Gasteiger partial charge in [0.15, 0.2) is 6.61 Å². The van der Waals surface area contributed by atoms with Crippen molar-refractivity contribution in [3.8, 4) is 5.75 Å². The average molecular weight is 224 g/mol. The van der Waals surface area contributed by atoms with Gasteiger partial charge in [-0.2, -0.15) is 0 Å². The summed E-state index contributed by atoms with van der Waals surface area (Å²) in [6.07, 6.45) is 0. The average Bonchev–Trinajstić information content (AvgIpc) is 2.19. The Bertz CT molecular complexity index is 375. The van der Waals surface area contributed by atoms with Crippen molar-refractivity contribution in [2.24, 2.45) is 0 Å². The number of anilines is 1. The number of hydrogen-bond donors (Lipinski definition) is 1. The Hall–Kier alpha value is -2.11. The van der Waals surface area contributed by atoms with E-state index >= 15 is 0 Å². The molecule has 0 unspecified atom stereocenters. The van der Waals surface area contributed by atoms with Crippen LogP contribution in [-0.2, 0) is 4.79 Å². The van der Waals surface area contributed by atoms with Crippen molar-refractivity contribution < 1.29 is 14.5 Å². The molecule has 0 spiro atoms. The fraction of sp³-hybridized carbons (Fsp3) is 0.300. The summed E-state index contributed by atoms with van der Waals surface area (Å²) < 4.78 is 5.12. The largest absolute Gasteiger partial charge is 0.487 e. The SMILES string of the molecule is CC(=O)Nc1ccc(OCC[N+](=O)[O-])cc1. The van der Waals surface area contributed by atoms with Crippen LogP contribution in [0.2, 0.25) is 0 Å². The van der Waals surface area contributed by atoms with E-state index in [2.05, 4.69) is 5.32 Å². The van der Waals surface area contributed by atoms with Crippen molar-refractivity contribution in [2.45, 2.75) is 6.92 Å². The fourth-order valence-corrected chi connectivity index (χ4v) is 1.08. The predicted molar refractivity (Wildman–Crippen MR) is 58.1 cm³/mol. The second-order valence-electron chi connectivity index (χ2n) is 3.11.